The summed E-state index contributed by atoms with van der Waals surface area (Å²) in [6.07, 6.45) is 4.60. The molecule has 2 aromatic heterocycles. The average Bonchev–Trinajstić information content (AvgIpc) is 2.63. The van der Waals surface area contributed by atoms with E-state index in [9.17, 15) is 0 Å². The lowest BCUT2D eigenvalue weighted by molar-refractivity contribution is 0.122. The van der Waals surface area contributed by atoms with Gasteiger partial charge in [-0.25, -0.2) is 15.0 Å². The van der Waals surface area contributed by atoms with Crippen LogP contribution in [0, 0.1) is 0 Å². The number of oxime groups is 1. The molecule has 0 aromatic carbocycles. The SMILES string of the molecule is CO/N=C\c1c(N)ncnc1Nc1ccc(N2CCOCC2)nc1. The fourth-order valence-electron chi connectivity index (χ4n) is 2.32. The normalized spacial score (nSPS) is 14.8. The number of anilines is 4. The molecule has 0 unspecified atom stereocenters. The lowest BCUT2D eigenvalue weighted by Gasteiger charge is -2.27. The highest BCUT2D eigenvalue weighted by Gasteiger charge is 2.13. The summed E-state index contributed by atoms with van der Waals surface area (Å²) in [6, 6.07) is 3.90. The van der Waals surface area contributed by atoms with E-state index in [0.29, 0.717) is 17.2 Å². The molecule has 0 aliphatic carbocycles. The summed E-state index contributed by atoms with van der Waals surface area (Å²) in [4.78, 5) is 19.5. The number of hydrogen-bond acceptors (Lipinski definition) is 9. The molecule has 9 nitrogen and oxygen atoms in total. The molecule has 2 aromatic rings. The van der Waals surface area contributed by atoms with Crippen LogP contribution in [0.25, 0.3) is 0 Å². The van der Waals surface area contributed by atoms with Gasteiger partial charge in [0.05, 0.1) is 36.9 Å². The molecule has 1 fully saturated rings. The van der Waals surface area contributed by atoms with Gasteiger partial charge in [0, 0.05) is 13.1 Å². The van der Waals surface area contributed by atoms with E-state index in [4.69, 9.17) is 15.3 Å². The standard InChI is InChI=1S/C15H19N7O2/c1-23-20-9-12-14(16)18-10-19-15(12)21-11-2-3-13(17-8-11)22-4-6-24-7-5-22/h2-3,8-10H,4-7H2,1H3,(H3,16,18,19,21)/b20-9-. The summed E-state index contributed by atoms with van der Waals surface area (Å²) in [5.74, 6) is 1.77. The van der Waals surface area contributed by atoms with Gasteiger partial charge in [0.1, 0.15) is 30.9 Å². The van der Waals surface area contributed by atoms with Gasteiger partial charge in [0.15, 0.2) is 0 Å². The number of morpholine rings is 1. The van der Waals surface area contributed by atoms with Gasteiger partial charge in [0.25, 0.3) is 0 Å². The zero-order valence-electron chi connectivity index (χ0n) is 13.3. The maximum atomic E-state index is 5.87. The first kappa shape index (κ1) is 15.9. The number of nitrogens with one attached hydrogen (secondary N) is 1. The molecule has 3 rings (SSSR count). The van der Waals surface area contributed by atoms with Crippen LogP contribution in [0.4, 0.5) is 23.1 Å². The van der Waals surface area contributed by atoms with Crippen LogP contribution >= 0.6 is 0 Å². The predicted octanol–water partition coefficient (Wildman–Crippen LogP) is 1.01. The maximum absolute atomic E-state index is 5.87. The number of nitrogens with two attached hydrogens (primary N) is 1. The van der Waals surface area contributed by atoms with Crippen molar-refractivity contribution in [3.05, 3.63) is 30.2 Å². The minimum absolute atomic E-state index is 0.311. The number of nitrogens with zero attached hydrogens (tertiary/aromatic N) is 5. The van der Waals surface area contributed by atoms with Crippen LogP contribution in [0.1, 0.15) is 5.56 Å². The van der Waals surface area contributed by atoms with E-state index in [1.807, 2.05) is 12.1 Å². The number of rotatable bonds is 5. The molecule has 1 aliphatic rings. The number of ether oxygens (including phenoxy) is 1. The Morgan fingerprint density at radius 3 is 2.83 bits per heavy atom. The van der Waals surface area contributed by atoms with Crippen LogP contribution in [0.5, 0.6) is 0 Å². The van der Waals surface area contributed by atoms with E-state index in [0.717, 1.165) is 37.8 Å². The van der Waals surface area contributed by atoms with E-state index >= 15 is 0 Å². The molecule has 3 heterocycles. The molecule has 0 atom stereocenters. The van der Waals surface area contributed by atoms with Gasteiger partial charge in [-0.1, -0.05) is 5.16 Å². The highest BCUT2D eigenvalue weighted by atomic mass is 16.6. The molecule has 24 heavy (non-hydrogen) atoms. The van der Waals surface area contributed by atoms with Crippen molar-refractivity contribution < 1.29 is 9.57 Å². The van der Waals surface area contributed by atoms with E-state index in [-0.39, 0.29) is 0 Å². The fraction of sp³-hybridized carbons (Fsp3) is 0.333. The molecule has 9 heteroatoms. The second kappa shape index (κ2) is 7.55. The van der Waals surface area contributed by atoms with Crippen molar-refractivity contribution in [3.63, 3.8) is 0 Å². The van der Waals surface area contributed by atoms with Gasteiger partial charge in [0.2, 0.25) is 0 Å². The highest BCUT2D eigenvalue weighted by Crippen LogP contribution is 2.21. The lowest BCUT2D eigenvalue weighted by atomic mass is 10.3. The van der Waals surface area contributed by atoms with Crippen molar-refractivity contribution in [1.82, 2.24) is 15.0 Å². The molecule has 0 saturated carbocycles. The Hall–Kier alpha value is -2.94. The van der Waals surface area contributed by atoms with Crippen LogP contribution in [0.2, 0.25) is 0 Å². The van der Waals surface area contributed by atoms with Crippen molar-refractivity contribution in [2.24, 2.45) is 5.16 Å². The number of aromatic nitrogens is 3. The molecule has 1 aliphatic heterocycles. The average molecular weight is 329 g/mol. The first-order chi connectivity index (χ1) is 11.8. The van der Waals surface area contributed by atoms with Crippen LogP contribution in [-0.2, 0) is 9.57 Å². The van der Waals surface area contributed by atoms with E-state index < -0.39 is 0 Å². The minimum Gasteiger partial charge on any atom is -0.399 e. The molecular weight excluding hydrogens is 310 g/mol. The van der Waals surface area contributed by atoms with Crippen LogP contribution in [-0.4, -0.2) is 54.6 Å². The molecular formula is C15H19N7O2. The molecule has 0 amide bonds. The zero-order chi connectivity index (χ0) is 16.8. The molecule has 0 radical (unpaired) electrons. The van der Waals surface area contributed by atoms with E-state index in [2.05, 4.69) is 30.3 Å². The van der Waals surface area contributed by atoms with Gasteiger partial charge >= 0.3 is 0 Å². The molecule has 0 bridgehead atoms. The first-order valence-electron chi connectivity index (χ1n) is 7.50. The Bertz CT molecular complexity index is 699. The summed E-state index contributed by atoms with van der Waals surface area (Å²) in [5, 5.41) is 6.89. The molecule has 3 N–H and O–H groups in total. The van der Waals surface area contributed by atoms with Crippen molar-refractivity contribution in [2.75, 3.05) is 49.4 Å². The largest absolute Gasteiger partial charge is 0.399 e. The predicted molar refractivity (Wildman–Crippen MR) is 91.6 cm³/mol. The van der Waals surface area contributed by atoms with Crippen molar-refractivity contribution in [2.45, 2.75) is 0 Å². The summed E-state index contributed by atoms with van der Waals surface area (Å²) in [6.45, 7) is 3.15. The summed E-state index contributed by atoms with van der Waals surface area (Å²) < 4.78 is 5.35. The highest BCUT2D eigenvalue weighted by molar-refractivity contribution is 5.92. The first-order valence-corrected chi connectivity index (χ1v) is 7.50. The molecule has 0 spiro atoms. The van der Waals surface area contributed by atoms with Gasteiger partial charge in [-0.3, -0.25) is 0 Å². The number of pyridine rings is 1. The zero-order valence-corrected chi connectivity index (χ0v) is 13.3. The minimum atomic E-state index is 0.311. The van der Waals surface area contributed by atoms with Crippen molar-refractivity contribution >= 4 is 29.4 Å². The second-order valence-corrected chi connectivity index (χ2v) is 5.07. The third-order valence-corrected chi connectivity index (χ3v) is 3.55. The lowest BCUT2D eigenvalue weighted by Crippen LogP contribution is -2.36. The quantitative estimate of drug-likeness (QED) is 0.618. The summed E-state index contributed by atoms with van der Waals surface area (Å²) >= 11 is 0. The Kier molecular flexibility index (Phi) is 5.02. The molecule has 1 saturated heterocycles. The van der Waals surface area contributed by atoms with Gasteiger partial charge < -0.3 is 25.5 Å². The third kappa shape index (κ3) is 3.69. The Morgan fingerprint density at radius 2 is 2.12 bits per heavy atom. The summed E-state index contributed by atoms with van der Waals surface area (Å²) in [5.41, 5.74) is 7.21. The second-order valence-electron chi connectivity index (χ2n) is 5.07. The van der Waals surface area contributed by atoms with Crippen LogP contribution in [0.15, 0.2) is 29.8 Å². The van der Waals surface area contributed by atoms with Crippen LogP contribution in [0.3, 0.4) is 0 Å². The van der Waals surface area contributed by atoms with Crippen molar-refractivity contribution in [3.8, 4) is 0 Å². The van der Waals surface area contributed by atoms with Gasteiger partial charge in [-0.05, 0) is 12.1 Å². The Labute approximate surface area is 139 Å². The number of nitrogen functional groups attached to an aromatic ring is 1. The van der Waals surface area contributed by atoms with E-state index in [1.54, 1.807) is 6.20 Å². The number of hydrogen-bond donors (Lipinski definition) is 2. The topological polar surface area (TPSA) is 111 Å². The van der Waals surface area contributed by atoms with Gasteiger partial charge in [-0.15, -0.1) is 0 Å². The van der Waals surface area contributed by atoms with Crippen LogP contribution < -0.4 is 16.0 Å². The van der Waals surface area contributed by atoms with E-state index in [1.165, 1.54) is 19.7 Å². The Balaban J connectivity index is 1.76. The summed E-state index contributed by atoms with van der Waals surface area (Å²) in [7, 11) is 1.46. The monoisotopic (exact) mass is 329 g/mol. The molecule has 126 valence electrons. The Morgan fingerprint density at radius 1 is 1.29 bits per heavy atom. The smallest absolute Gasteiger partial charge is 0.144 e. The maximum Gasteiger partial charge on any atom is 0.144 e. The fourth-order valence-corrected chi connectivity index (χ4v) is 2.32. The van der Waals surface area contributed by atoms with Crippen molar-refractivity contribution in [1.29, 1.82) is 0 Å². The third-order valence-electron chi connectivity index (χ3n) is 3.55. The van der Waals surface area contributed by atoms with Gasteiger partial charge in [-0.2, -0.15) is 0 Å².